The lowest BCUT2D eigenvalue weighted by Crippen LogP contribution is -2.37. The summed E-state index contributed by atoms with van der Waals surface area (Å²) in [6.45, 7) is 1.78. The van der Waals surface area contributed by atoms with Gasteiger partial charge in [0, 0.05) is 41.5 Å². The highest BCUT2D eigenvalue weighted by Gasteiger charge is 2.22. The minimum absolute atomic E-state index is 0.0646. The summed E-state index contributed by atoms with van der Waals surface area (Å²) in [6, 6.07) is 8.14. The van der Waals surface area contributed by atoms with Crippen LogP contribution in [0.4, 0.5) is 5.69 Å². The second-order valence-corrected chi connectivity index (χ2v) is 7.90. The van der Waals surface area contributed by atoms with Crippen LogP contribution < -0.4 is 10.6 Å². The van der Waals surface area contributed by atoms with E-state index in [2.05, 4.69) is 22.8 Å². The predicted molar refractivity (Wildman–Crippen MR) is 94.5 cm³/mol. The highest BCUT2D eigenvalue weighted by Crippen LogP contribution is 2.26. The van der Waals surface area contributed by atoms with Crippen molar-refractivity contribution in [1.29, 1.82) is 0 Å². The third-order valence-corrected chi connectivity index (χ3v) is 6.26. The van der Waals surface area contributed by atoms with Crippen LogP contribution in [0.2, 0.25) is 0 Å². The van der Waals surface area contributed by atoms with Crippen molar-refractivity contribution in [2.45, 2.75) is 29.9 Å². The Morgan fingerprint density at radius 2 is 2.27 bits per heavy atom. The van der Waals surface area contributed by atoms with E-state index in [1.807, 2.05) is 23.9 Å². The van der Waals surface area contributed by atoms with Crippen molar-refractivity contribution in [3.8, 4) is 0 Å². The highest BCUT2D eigenvalue weighted by atomic mass is 32.2. The van der Waals surface area contributed by atoms with Gasteiger partial charge in [0.1, 0.15) is 0 Å². The van der Waals surface area contributed by atoms with E-state index in [4.69, 9.17) is 4.74 Å². The standard InChI is InChI=1S/C16H22N2O2S2/c19-16(15-10-21-11-17-15)18-13-3-1-2-12(8-13)9-22-14-4-6-20-7-5-14/h1-3,8,14-15,17H,4-7,9-11H2,(H,18,19). The molecule has 2 fully saturated rings. The molecule has 22 heavy (non-hydrogen) atoms. The Balaban J connectivity index is 1.51. The Morgan fingerprint density at radius 1 is 1.41 bits per heavy atom. The first-order valence-electron chi connectivity index (χ1n) is 7.71. The van der Waals surface area contributed by atoms with E-state index in [0.29, 0.717) is 5.25 Å². The molecule has 0 bridgehead atoms. The van der Waals surface area contributed by atoms with Crippen LogP contribution >= 0.6 is 23.5 Å². The molecule has 1 aromatic carbocycles. The van der Waals surface area contributed by atoms with Crippen LogP contribution in [0, 0.1) is 0 Å². The van der Waals surface area contributed by atoms with Gasteiger partial charge < -0.3 is 10.1 Å². The normalized spacial score (nSPS) is 22.6. The lowest BCUT2D eigenvalue weighted by Gasteiger charge is -2.21. The van der Waals surface area contributed by atoms with E-state index in [1.54, 1.807) is 11.8 Å². The molecule has 1 atom stereocenters. The smallest absolute Gasteiger partial charge is 0.242 e. The number of nitrogens with one attached hydrogen (secondary N) is 2. The van der Waals surface area contributed by atoms with Gasteiger partial charge in [-0.25, -0.2) is 0 Å². The fraction of sp³-hybridized carbons (Fsp3) is 0.562. The average Bonchev–Trinajstić information content (AvgIpc) is 3.09. The summed E-state index contributed by atoms with van der Waals surface area (Å²) in [4.78, 5) is 12.1. The predicted octanol–water partition coefficient (Wildman–Crippen LogP) is 2.70. The third kappa shape index (κ3) is 4.65. The van der Waals surface area contributed by atoms with E-state index in [-0.39, 0.29) is 11.9 Å². The number of hydrogen-bond donors (Lipinski definition) is 2. The van der Waals surface area contributed by atoms with Crippen molar-refractivity contribution < 1.29 is 9.53 Å². The molecule has 1 amide bonds. The van der Waals surface area contributed by atoms with Gasteiger partial charge in [-0.05, 0) is 30.5 Å². The van der Waals surface area contributed by atoms with E-state index < -0.39 is 0 Å². The fourth-order valence-corrected chi connectivity index (χ4v) is 4.66. The van der Waals surface area contributed by atoms with Crippen LogP contribution in [-0.2, 0) is 15.3 Å². The third-order valence-electron chi connectivity index (χ3n) is 3.88. The Morgan fingerprint density at radius 3 is 3.05 bits per heavy atom. The van der Waals surface area contributed by atoms with Crippen LogP contribution in [0.3, 0.4) is 0 Å². The molecule has 2 heterocycles. The maximum Gasteiger partial charge on any atom is 0.242 e. The van der Waals surface area contributed by atoms with Gasteiger partial charge >= 0.3 is 0 Å². The second-order valence-electron chi connectivity index (χ2n) is 5.58. The number of anilines is 1. The van der Waals surface area contributed by atoms with E-state index >= 15 is 0 Å². The maximum atomic E-state index is 12.1. The van der Waals surface area contributed by atoms with Gasteiger partial charge in [-0.3, -0.25) is 10.1 Å². The maximum absolute atomic E-state index is 12.1. The summed E-state index contributed by atoms with van der Waals surface area (Å²) in [5.41, 5.74) is 2.16. The van der Waals surface area contributed by atoms with Gasteiger partial charge in [-0.2, -0.15) is 11.8 Å². The fourth-order valence-electron chi connectivity index (χ4n) is 2.59. The van der Waals surface area contributed by atoms with E-state index in [0.717, 1.165) is 49.1 Å². The van der Waals surface area contributed by atoms with Crippen molar-refractivity contribution in [2.24, 2.45) is 0 Å². The summed E-state index contributed by atoms with van der Waals surface area (Å²) >= 11 is 3.76. The Hall–Kier alpha value is -0.690. The molecular formula is C16H22N2O2S2. The number of ether oxygens (including phenoxy) is 1. The summed E-state index contributed by atoms with van der Waals surface area (Å²) in [5, 5.41) is 6.91. The first-order valence-corrected chi connectivity index (χ1v) is 9.92. The Labute approximate surface area is 140 Å². The number of amides is 1. The van der Waals surface area contributed by atoms with Gasteiger partial charge in [-0.1, -0.05) is 12.1 Å². The molecule has 1 unspecified atom stereocenters. The van der Waals surface area contributed by atoms with Crippen molar-refractivity contribution in [3.63, 3.8) is 0 Å². The minimum atomic E-state index is -0.0646. The number of carbonyl (C=O) groups excluding carboxylic acids is 1. The van der Waals surface area contributed by atoms with Gasteiger partial charge in [0.15, 0.2) is 0 Å². The topological polar surface area (TPSA) is 50.4 Å². The first kappa shape index (κ1) is 16.2. The molecule has 0 aliphatic carbocycles. The molecule has 0 spiro atoms. The van der Waals surface area contributed by atoms with E-state index in [9.17, 15) is 4.79 Å². The quantitative estimate of drug-likeness (QED) is 0.864. The van der Waals surface area contributed by atoms with Crippen LogP contribution in [0.25, 0.3) is 0 Å². The minimum Gasteiger partial charge on any atom is -0.381 e. The highest BCUT2D eigenvalue weighted by molar-refractivity contribution is 7.99. The zero-order valence-electron chi connectivity index (χ0n) is 12.5. The molecule has 0 radical (unpaired) electrons. The van der Waals surface area contributed by atoms with Crippen molar-refractivity contribution in [1.82, 2.24) is 5.32 Å². The number of thioether (sulfide) groups is 2. The Bertz CT molecular complexity index is 501. The van der Waals surface area contributed by atoms with Crippen molar-refractivity contribution in [2.75, 3.05) is 30.2 Å². The summed E-state index contributed by atoms with van der Waals surface area (Å²) in [7, 11) is 0. The monoisotopic (exact) mass is 338 g/mol. The molecule has 0 aromatic heterocycles. The number of hydrogen-bond acceptors (Lipinski definition) is 5. The SMILES string of the molecule is O=C(Nc1cccc(CSC2CCOCC2)c1)C1CSCN1. The van der Waals surface area contributed by atoms with Crippen LogP contribution in [0.15, 0.2) is 24.3 Å². The molecule has 2 saturated heterocycles. The van der Waals surface area contributed by atoms with Gasteiger partial charge in [0.05, 0.1) is 6.04 Å². The molecule has 2 aliphatic heterocycles. The molecule has 2 aliphatic rings. The number of benzene rings is 1. The molecule has 6 heteroatoms. The molecule has 120 valence electrons. The lowest BCUT2D eigenvalue weighted by molar-refractivity contribution is -0.117. The molecular weight excluding hydrogens is 316 g/mol. The zero-order valence-corrected chi connectivity index (χ0v) is 14.2. The summed E-state index contributed by atoms with van der Waals surface area (Å²) in [5.74, 6) is 2.77. The lowest BCUT2D eigenvalue weighted by atomic mass is 10.2. The Kier molecular flexibility index (Phi) is 6.06. The summed E-state index contributed by atoms with van der Waals surface area (Å²) in [6.07, 6.45) is 2.29. The summed E-state index contributed by atoms with van der Waals surface area (Å²) < 4.78 is 5.39. The van der Waals surface area contributed by atoms with Crippen LogP contribution in [0.5, 0.6) is 0 Å². The largest absolute Gasteiger partial charge is 0.381 e. The van der Waals surface area contributed by atoms with E-state index in [1.165, 1.54) is 5.56 Å². The number of carbonyl (C=O) groups is 1. The van der Waals surface area contributed by atoms with Gasteiger partial charge in [-0.15, -0.1) is 11.8 Å². The van der Waals surface area contributed by atoms with Gasteiger partial charge in [0.2, 0.25) is 5.91 Å². The van der Waals surface area contributed by atoms with Crippen molar-refractivity contribution >= 4 is 35.1 Å². The molecule has 3 rings (SSSR count). The van der Waals surface area contributed by atoms with Gasteiger partial charge in [0.25, 0.3) is 0 Å². The first-order chi connectivity index (χ1) is 10.8. The molecule has 2 N–H and O–H groups in total. The number of rotatable bonds is 5. The zero-order chi connectivity index (χ0) is 15.2. The molecule has 4 nitrogen and oxygen atoms in total. The van der Waals surface area contributed by atoms with Crippen LogP contribution in [0.1, 0.15) is 18.4 Å². The second kappa shape index (κ2) is 8.24. The molecule has 1 aromatic rings. The van der Waals surface area contributed by atoms with Crippen molar-refractivity contribution in [3.05, 3.63) is 29.8 Å². The van der Waals surface area contributed by atoms with Crippen LogP contribution in [-0.4, -0.2) is 42.0 Å². The average molecular weight is 338 g/mol. The molecule has 0 saturated carbocycles.